The average molecular weight is 299 g/mol. The van der Waals surface area contributed by atoms with Crippen molar-refractivity contribution in [3.05, 3.63) is 34.1 Å². The molecular formula is C12H14FN3O5. The lowest BCUT2D eigenvalue weighted by atomic mass is 10.2. The topological polar surface area (TPSA) is 122 Å². The molecule has 0 fully saturated rings. The van der Waals surface area contributed by atoms with E-state index in [-0.39, 0.29) is 12.1 Å². The van der Waals surface area contributed by atoms with Crippen LogP contribution in [0.3, 0.4) is 0 Å². The van der Waals surface area contributed by atoms with Gasteiger partial charge in [0.1, 0.15) is 11.9 Å². The molecule has 1 atom stereocenters. The van der Waals surface area contributed by atoms with Crippen LogP contribution in [-0.4, -0.2) is 28.1 Å². The van der Waals surface area contributed by atoms with Crippen LogP contribution in [0.1, 0.15) is 19.8 Å². The summed E-state index contributed by atoms with van der Waals surface area (Å²) in [4.78, 5) is 32.3. The molecule has 0 saturated carbocycles. The van der Waals surface area contributed by atoms with Crippen molar-refractivity contribution in [3.8, 4) is 0 Å². The van der Waals surface area contributed by atoms with Crippen molar-refractivity contribution in [2.45, 2.75) is 25.8 Å². The van der Waals surface area contributed by atoms with E-state index in [2.05, 4.69) is 10.6 Å². The van der Waals surface area contributed by atoms with Gasteiger partial charge in [0.25, 0.3) is 5.69 Å². The molecule has 2 amide bonds. The molecule has 0 heterocycles. The lowest BCUT2D eigenvalue weighted by Crippen LogP contribution is -2.42. The minimum absolute atomic E-state index is 0.139. The summed E-state index contributed by atoms with van der Waals surface area (Å²) in [6.45, 7) is 1.76. The van der Waals surface area contributed by atoms with Crippen LogP contribution in [0.4, 0.5) is 20.6 Å². The fourth-order valence-corrected chi connectivity index (χ4v) is 1.62. The number of nitro benzene ring substituents is 1. The van der Waals surface area contributed by atoms with Crippen molar-refractivity contribution in [3.63, 3.8) is 0 Å². The number of nitro groups is 1. The Hall–Kier alpha value is -2.71. The van der Waals surface area contributed by atoms with Crippen LogP contribution in [0, 0.1) is 15.9 Å². The van der Waals surface area contributed by atoms with Crippen molar-refractivity contribution in [2.75, 3.05) is 5.32 Å². The largest absolute Gasteiger partial charge is 0.480 e. The second-order valence-corrected chi connectivity index (χ2v) is 4.23. The van der Waals surface area contributed by atoms with Crippen molar-refractivity contribution in [2.24, 2.45) is 0 Å². The molecule has 3 N–H and O–H groups in total. The highest BCUT2D eigenvalue weighted by Gasteiger charge is 2.19. The molecule has 0 aliphatic rings. The van der Waals surface area contributed by atoms with E-state index in [4.69, 9.17) is 5.11 Å². The molecule has 21 heavy (non-hydrogen) atoms. The molecule has 8 nitrogen and oxygen atoms in total. The number of amides is 2. The zero-order chi connectivity index (χ0) is 16.0. The molecule has 0 aliphatic carbocycles. The number of hydrogen-bond donors (Lipinski definition) is 3. The first-order valence-corrected chi connectivity index (χ1v) is 6.08. The number of nitrogens with zero attached hydrogens (tertiary/aromatic N) is 1. The lowest BCUT2D eigenvalue weighted by molar-refractivity contribution is -0.385. The lowest BCUT2D eigenvalue weighted by Gasteiger charge is -2.14. The number of halogens is 1. The molecule has 1 aromatic rings. The molecule has 0 saturated heterocycles. The first kappa shape index (κ1) is 16.3. The number of nitrogens with one attached hydrogen (secondary N) is 2. The normalized spacial score (nSPS) is 11.5. The first-order chi connectivity index (χ1) is 9.83. The Labute approximate surface area is 119 Å². The number of carboxylic acids is 1. The summed E-state index contributed by atoms with van der Waals surface area (Å²) >= 11 is 0. The molecular weight excluding hydrogens is 285 g/mol. The second-order valence-electron chi connectivity index (χ2n) is 4.23. The predicted molar refractivity (Wildman–Crippen MR) is 71.5 cm³/mol. The van der Waals surface area contributed by atoms with Crippen LogP contribution >= 0.6 is 0 Å². The van der Waals surface area contributed by atoms with Crippen LogP contribution in [0.25, 0.3) is 0 Å². The minimum Gasteiger partial charge on any atom is -0.480 e. The molecule has 0 radical (unpaired) electrons. The van der Waals surface area contributed by atoms with Gasteiger partial charge in [-0.05, 0) is 12.5 Å². The standard InChI is InChI=1S/C12H14FN3O5/c1-2-3-10(11(17)18)15-12(19)14-8-4-7(13)5-9(6-8)16(20)21/h4-6,10H,2-3H2,1H3,(H,17,18)(H2,14,15,19). The number of benzene rings is 1. The van der Waals surface area contributed by atoms with Gasteiger partial charge in [-0.3, -0.25) is 10.1 Å². The number of anilines is 1. The maximum Gasteiger partial charge on any atom is 0.326 e. The SMILES string of the molecule is CCCC(NC(=O)Nc1cc(F)cc([N+](=O)[O-])c1)C(=O)O. The number of hydrogen-bond acceptors (Lipinski definition) is 4. The average Bonchev–Trinajstić information content (AvgIpc) is 2.37. The highest BCUT2D eigenvalue weighted by molar-refractivity contribution is 5.92. The van der Waals surface area contributed by atoms with E-state index < -0.39 is 34.5 Å². The maximum absolute atomic E-state index is 13.2. The molecule has 9 heteroatoms. The van der Waals surface area contributed by atoms with Crippen molar-refractivity contribution in [1.82, 2.24) is 5.32 Å². The molecule has 114 valence electrons. The van der Waals surface area contributed by atoms with Crippen LogP contribution in [-0.2, 0) is 4.79 Å². The zero-order valence-corrected chi connectivity index (χ0v) is 11.1. The van der Waals surface area contributed by atoms with E-state index in [0.717, 1.165) is 12.1 Å². The number of rotatable bonds is 6. The number of non-ortho nitro benzene ring substituents is 1. The summed E-state index contributed by atoms with van der Waals surface area (Å²) in [5, 5.41) is 23.8. The van der Waals surface area contributed by atoms with Gasteiger partial charge < -0.3 is 15.7 Å². The summed E-state index contributed by atoms with van der Waals surface area (Å²) < 4.78 is 13.2. The zero-order valence-electron chi connectivity index (χ0n) is 11.1. The number of carboxylic acid groups (broad SMARTS) is 1. The Balaban J connectivity index is 2.78. The molecule has 0 aliphatic heterocycles. The molecule has 0 aromatic heterocycles. The smallest absolute Gasteiger partial charge is 0.326 e. The Kier molecular flexibility index (Phi) is 5.58. The summed E-state index contributed by atoms with van der Waals surface area (Å²) in [6, 6.07) is 0.606. The Morgan fingerprint density at radius 1 is 1.43 bits per heavy atom. The van der Waals surface area contributed by atoms with Crippen molar-refractivity contribution < 1.29 is 24.0 Å². The van der Waals surface area contributed by atoms with Gasteiger partial charge in [0.05, 0.1) is 16.7 Å². The third-order valence-electron chi connectivity index (χ3n) is 2.53. The third kappa shape index (κ3) is 5.05. The maximum atomic E-state index is 13.2. The Morgan fingerprint density at radius 2 is 2.10 bits per heavy atom. The van der Waals surface area contributed by atoms with Crippen LogP contribution < -0.4 is 10.6 Å². The summed E-state index contributed by atoms with van der Waals surface area (Å²) in [5.74, 6) is -2.08. The molecule has 1 rings (SSSR count). The van der Waals surface area contributed by atoms with E-state index in [1.165, 1.54) is 0 Å². The van der Waals surface area contributed by atoms with E-state index in [1.807, 2.05) is 0 Å². The monoisotopic (exact) mass is 299 g/mol. The predicted octanol–water partition coefficient (Wildman–Crippen LogP) is 2.11. The van der Waals surface area contributed by atoms with E-state index in [0.29, 0.717) is 12.5 Å². The minimum atomic E-state index is -1.20. The number of urea groups is 1. The van der Waals surface area contributed by atoms with Gasteiger partial charge in [0.15, 0.2) is 0 Å². The second kappa shape index (κ2) is 7.17. The molecule has 1 aromatic carbocycles. The van der Waals surface area contributed by atoms with Gasteiger partial charge in [-0.2, -0.15) is 0 Å². The van der Waals surface area contributed by atoms with Gasteiger partial charge in [-0.15, -0.1) is 0 Å². The Morgan fingerprint density at radius 3 is 2.62 bits per heavy atom. The Bertz CT molecular complexity index is 564. The van der Waals surface area contributed by atoms with E-state index in [9.17, 15) is 24.1 Å². The van der Waals surface area contributed by atoms with Crippen LogP contribution in [0.5, 0.6) is 0 Å². The molecule has 0 spiro atoms. The van der Waals surface area contributed by atoms with Crippen molar-refractivity contribution >= 4 is 23.4 Å². The van der Waals surface area contributed by atoms with Gasteiger partial charge in [0, 0.05) is 6.07 Å². The van der Waals surface area contributed by atoms with Gasteiger partial charge in [-0.25, -0.2) is 14.0 Å². The van der Waals surface area contributed by atoms with Gasteiger partial charge in [0.2, 0.25) is 0 Å². The third-order valence-corrected chi connectivity index (χ3v) is 2.53. The number of aliphatic carboxylic acids is 1. The highest BCUT2D eigenvalue weighted by atomic mass is 19.1. The summed E-state index contributed by atoms with van der Waals surface area (Å²) in [6.07, 6.45) is 0.773. The van der Waals surface area contributed by atoms with E-state index in [1.54, 1.807) is 6.92 Å². The highest BCUT2D eigenvalue weighted by Crippen LogP contribution is 2.19. The molecule has 0 bridgehead atoms. The van der Waals surface area contributed by atoms with Crippen LogP contribution in [0.15, 0.2) is 18.2 Å². The number of carbonyl (C=O) groups is 2. The summed E-state index contributed by atoms with van der Waals surface area (Å²) in [5.41, 5.74) is -0.659. The van der Waals surface area contributed by atoms with Crippen molar-refractivity contribution in [1.29, 1.82) is 0 Å². The van der Waals surface area contributed by atoms with Gasteiger partial charge in [-0.1, -0.05) is 13.3 Å². The van der Waals surface area contributed by atoms with Crippen LogP contribution in [0.2, 0.25) is 0 Å². The fourth-order valence-electron chi connectivity index (χ4n) is 1.62. The first-order valence-electron chi connectivity index (χ1n) is 6.08. The number of carbonyl (C=O) groups excluding carboxylic acids is 1. The fraction of sp³-hybridized carbons (Fsp3) is 0.333. The quantitative estimate of drug-likeness (QED) is 0.548. The molecule has 1 unspecified atom stereocenters. The van der Waals surface area contributed by atoms with E-state index >= 15 is 0 Å². The summed E-state index contributed by atoms with van der Waals surface area (Å²) in [7, 11) is 0. The van der Waals surface area contributed by atoms with Gasteiger partial charge >= 0.3 is 12.0 Å².